The van der Waals surface area contributed by atoms with E-state index in [1.807, 2.05) is 0 Å². The predicted octanol–water partition coefficient (Wildman–Crippen LogP) is 11.2. The van der Waals surface area contributed by atoms with Crippen LogP contribution in [-0.2, 0) is 41.4 Å². The number of hydrogen-bond acceptors (Lipinski definition) is 12. The Kier molecular flexibility index (Phi) is 32.4. The third-order valence-corrected chi connectivity index (χ3v) is 12.8. The Hall–Kier alpha value is -1.02. The molecule has 0 radical (unpaired) electrons. The van der Waals surface area contributed by atoms with Gasteiger partial charge in [-0.05, 0) is 77.0 Å². The van der Waals surface area contributed by atoms with E-state index in [-0.39, 0.29) is 26.3 Å². The Morgan fingerprint density at radius 1 is 0.590 bits per heavy atom. The Balaban J connectivity index is 1.94. The smallest absolute Gasteiger partial charge is 0.472 e. The van der Waals surface area contributed by atoms with Gasteiger partial charge >= 0.3 is 7.82 Å². The van der Waals surface area contributed by atoms with Crippen molar-refractivity contribution in [1.29, 1.82) is 0 Å². The standard InChI is InChI=1S/C46H86N2O11P2/c1-3-5-7-9-11-13-15-17-19-21-23-25-27-29-31-33-35-46(36-34-32-30-28-26-24-22-20-18-16-14-12-10-8-6-4-2)57-43-42(41-55-60(49,50)53-39-37-47)56-45(44(43)58-46)59-61(51,52)54-40-38-48/h11-14,17-20,42-45H,3-10,15-16,21-41,47-48H2,1-2H3,(H,49,50)(H,51,52)/p-1/b13-11-,14-12-,19-17-,20-18-/t42?,43-,44+,45-/m1/s1. The van der Waals surface area contributed by atoms with Crippen LogP contribution in [0.3, 0.4) is 0 Å². The molecule has 0 spiro atoms. The molecule has 0 amide bonds. The van der Waals surface area contributed by atoms with Crippen LogP contribution in [0.15, 0.2) is 48.6 Å². The molecule has 6 atom stereocenters. The van der Waals surface area contributed by atoms with Crippen molar-refractivity contribution < 1.29 is 51.2 Å². The van der Waals surface area contributed by atoms with Crippen molar-refractivity contribution in [2.24, 2.45) is 11.5 Å². The summed E-state index contributed by atoms with van der Waals surface area (Å²) < 4.78 is 64.8. The van der Waals surface area contributed by atoms with Crippen LogP contribution in [0.2, 0.25) is 0 Å². The molecule has 2 fully saturated rings. The van der Waals surface area contributed by atoms with Crippen LogP contribution in [0.4, 0.5) is 0 Å². The lowest BCUT2D eigenvalue weighted by molar-refractivity contribution is -0.270. The van der Waals surface area contributed by atoms with Crippen molar-refractivity contribution in [3.8, 4) is 0 Å². The molecule has 0 aromatic carbocycles. The summed E-state index contributed by atoms with van der Waals surface area (Å²) in [4.78, 5) is 22.9. The highest BCUT2D eigenvalue weighted by Crippen LogP contribution is 2.50. The molecule has 15 heteroatoms. The van der Waals surface area contributed by atoms with Crippen LogP contribution in [-0.4, -0.2) is 68.2 Å². The summed E-state index contributed by atoms with van der Waals surface area (Å²) >= 11 is 0. The number of unbranched alkanes of at least 4 members (excludes halogenated alkanes) is 18. The molecule has 356 valence electrons. The van der Waals surface area contributed by atoms with E-state index in [0.717, 1.165) is 77.0 Å². The van der Waals surface area contributed by atoms with E-state index < -0.39 is 52.6 Å². The second-order valence-corrected chi connectivity index (χ2v) is 19.2. The fourth-order valence-electron chi connectivity index (χ4n) is 7.52. The first-order chi connectivity index (χ1) is 29.6. The molecule has 0 aliphatic carbocycles. The first-order valence-corrected chi connectivity index (χ1v) is 26.8. The van der Waals surface area contributed by atoms with Gasteiger partial charge in [-0.2, -0.15) is 0 Å². The molecule has 0 bridgehead atoms. The second kappa shape index (κ2) is 35.3. The van der Waals surface area contributed by atoms with E-state index >= 15 is 0 Å². The minimum atomic E-state index is -4.84. The summed E-state index contributed by atoms with van der Waals surface area (Å²) in [7, 11) is -9.31. The number of fused-ring (bicyclic) bond motifs is 1. The Morgan fingerprint density at radius 3 is 1.49 bits per heavy atom. The minimum absolute atomic E-state index is 0.0245. The third-order valence-electron chi connectivity index (χ3n) is 10.9. The van der Waals surface area contributed by atoms with Gasteiger partial charge in [-0.3, -0.25) is 18.1 Å². The van der Waals surface area contributed by atoms with Crippen LogP contribution >= 0.6 is 15.6 Å². The molecule has 0 aromatic rings. The van der Waals surface area contributed by atoms with Crippen LogP contribution in [0.5, 0.6) is 0 Å². The summed E-state index contributed by atoms with van der Waals surface area (Å²) in [5.41, 5.74) is 10.9. The van der Waals surface area contributed by atoms with Gasteiger partial charge in [0.25, 0.3) is 7.82 Å². The van der Waals surface area contributed by atoms with E-state index in [4.69, 9.17) is 43.8 Å². The Morgan fingerprint density at radius 2 is 1.02 bits per heavy atom. The van der Waals surface area contributed by atoms with E-state index in [2.05, 4.69) is 62.5 Å². The van der Waals surface area contributed by atoms with Crippen molar-refractivity contribution in [2.75, 3.05) is 32.9 Å². The molecule has 0 saturated carbocycles. The Bertz CT molecular complexity index is 1250. The molecule has 5 N–H and O–H groups in total. The molecule has 13 nitrogen and oxygen atoms in total. The monoisotopic (exact) mass is 904 g/mol. The van der Waals surface area contributed by atoms with Gasteiger partial charge in [0.05, 0.1) is 19.8 Å². The summed E-state index contributed by atoms with van der Waals surface area (Å²) in [6.45, 7) is 3.59. The molecule has 2 aliphatic heterocycles. The number of phosphoric acid groups is 2. The molecule has 2 saturated heterocycles. The largest absolute Gasteiger partial charge is 0.756 e. The van der Waals surface area contributed by atoms with Crippen LogP contribution in [0, 0.1) is 0 Å². The van der Waals surface area contributed by atoms with Gasteiger partial charge in [-0.1, -0.05) is 140 Å². The molecule has 61 heavy (non-hydrogen) atoms. The summed E-state index contributed by atoms with van der Waals surface area (Å²) in [6.07, 6.45) is 42.4. The van der Waals surface area contributed by atoms with Gasteiger partial charge in [0.15, 0.2) is 12.1 Å². The number of nitrogens with two attached hydrogens (primary N) is 2. The molecule has 2 heterocycles. The zero-order chi connectivity index (χ0) is 44.3. The maximum absolute atomic E-state index is 12.7. The van der Waals surface area contributed by atoms with Gasteiger partial charge < -0.3 is 40.0 Å². The second-order valence-electron chi connectivity index (χ2n) is 16.3. The summed E-state index contributed by atoms with van der Waals surface area (Å²) in [5.74, 6) is -1.01. The average Bonchev–Trinajstić information content (AvgIpc) is 3.76. The zero-order valence-electron chi connectivity index (χ0n) is 37.9. The van der Waals surface area contributed by atoms with Crippen LogP contribution in [0.25, 0.3) is 0 Å². The number of phosphoric ester groups is 2. The van der Waals surface area contributed by atoms with Gasteiger partial charge in [0, 0.05) is 25.9 Å². The van der Waals surface area contributed by atoms with E-state index in [0.29, 0.717) is 12.8 Å². The lowest BCUT2D eigenvalue weighted by Gasteiger charge is -2.33. The highest BCUT2D eigenvalue weighted by Gasteiger charge is 2.59. The van der Waals surface area contributed by atoms with E-state index in [1.165, 1.54) is 77.0 Å². The van der Waals surface area contributed by atoms with Crippen molar-refractivity contribution in [3.05, 3.63) is 48.6 Å². The number of allylic oxidation sites excluding steroid dienone is 8. The van der Waals surface area contributed by atoms with Gasteiger partial charge in [-0.25, -0.2) is 4.57 Å². The van der Waals surface area contributed by atoms with Crippen molar-refractivity contribution in [1.82, 2.24) is 0 Å². The molecule has 3 unspecified atom stereocenters. The Labute approximate surface area is 370 Å². The lowest BCUT2D eigenvalue weighted by atomic mass is 9.98. The first-order valence-electron chi connectivity index (χ1n) is 23.9. The normalized spacial score (nSPS) is 22.3. The maximum Gasteiger partial charge on any atom is 0.472 e. The van der Waals surface area contributed by atoms with Gasteiger partial charge in [-0.15, -0.1) is 0 Å². The third kappa shape index (κ3) is 27.2. The lowest BCUT2D eigenvalue weighted by Crippen LogP contribution is -2.37. The summed E-state index contributed by atoms with van der Waals surface area (Å²) in [6, 6.07) is 0. The molecular formula is C46H85N2O11P2-. The van der Waals surface area contributed by atoms with Crippen molar-refractivity contribution in [2.45, 2.75) is 211 Å². The minimum Gasteiger partial charge on any atom is -0.756 e. The first kappa shape index (κ1) is 56.1. The zero-order valence-corrected chi connectivity index (χ0v) is 39.7. The van der Waals surface area contributed by atoms with Crippen molar-refractivity contribution in [3.63, 3.8) is 0 Å². The molecule has 2 aliphatic rings. The summed E-state index contributed by atoms with van der Waals surface area (Å²) in [5, 5.41) is 0. The van der Waals surface area contributed by atoms with Gasteiger partial charge in [0.1, 0.15) is 18.3 Å². The van der Waals surface area contributed by atoms with Crippen LogP contribution in [0.1, 0.15) is 181 Å². The molecule has 2 rings (SSSR count). The van der Waals surface area contributed by atoms with Crippen LogP contribution < -0.4 is 16.4 Å². The number of hydrogen-bond donors (Lipinski definition) is 3. The average molecular weight is 904 g/mol. The predicted molar refractivity (Wildman–Crippen MR) is 244 cm³/mol. The highest BCUT2D eigenvalue weighted by atomic mass is 31.2. The fourth-order valence-corrected chi connectivity index (χ4v) is 9.08. The quantitative estimate of drug-likeness (QED) is 0.0298. The fraction of sp³-hybridized carbons (Fsp3) is 0.826. The topological polar surface area (TPSA) is 194 Å². The van der Waals surface area contributed by atoms with E-state index in [1.54, 1.807) is 0 Å². The SMILES string of the molecule is CCCCC/C=C\C/C=C\CCCCCCCCC1(CCCCCCCC/C=C\C/C=C\CCCCC)O[C@@H]2[C@@H](OP(=O)([O-])OCCN)OC(COP(=O)(O)OCCN)[C@H]2O1. The molecule has 0 aromatic heterocycles. The maximum atomic E-state index is 12.7. The molecular weight excluding hydrogens is 818 g/mol. The number of ether oxygens (including phenoxy) is 3. The van der Waals surface area contributed by atoms with Crippen molar-refractivity contribution >= 4 is 15.6 Å². The van der Waals surface area contributed by atoms with E-state index in [9.17, 15) is 18.9 Å². The highest BCUT2D eigenvalue weighted by molar-refractivity contribution is 7.47. The number of rotatable bonds is 41. The van der Waals surface area contributed by atoms with Gasteiger partial charge in [0.2, 0.25) is 0 Å².